The number of hydrogen-bond acceptors (Lipinski definition) is 4. The Balaban J connectivity index is 1.79. The molecular weight excluding hydrogens is 206 g/mol. The van der Waals surface area contributed by atoms with Crippen LogP contribution >= 0.6 is 0 Å². The van der Waals surface area contributed by atoms with E-state index in [1.807, 2.05) is 0 Å². The molecule has 0 aliphatic carbocycles. The van der Waals surface area contributed by atoms with Crippen LogP contribution in [0.3, 0.4) is 0 Å². The molecule has 1 atom stereocenters. The first-order valence-electron chi connectivity index (χ1n) is 6.21. The molecule has 1 aliphatic heterocycles. The number of carbonyl (C=O) groups excluding carboxylic acids is 1. The Bertz CT molecular complexity index is 191. The topological polar surface area (TPSA) is 47.6 Å². The molecule has 94 valence electrons. The van der Waals surface area contributed by atoms with Gasteiger partial charge in [0.15, 0.2) is 0 Å². The van der Waals surface area contributed by atoms with Gasteiger partial charge in [0.1, 0.15) is 0 Å². The van der Waals surface area contributed by atoms with Crippen LogP contribution in [0.1, 0.15) is 38.5 Å². The molecule has 0 aromatic heterocycles. The van der Waals surface area contributed by atoms with Crippen molar-refractivity contribution in [1.82, 2.24) is 5.32 Å². The van der Waals surface area contributed by atoms with E-state index in [-0.39, 0.29) is 5.97 Å². The first kappa shape index (κ1) is 13.5. The molecule has 1 aliphatic rings. The van der Waals surface area contributed by atoms with Gasteiger partial charge in [-0.2, -0.15) is 0 Å². The molecule has 0 radical (unpaired) electrons. The van der Waals surface area contributed by atoms with Crippen molar-refractivity contribution in [1.29, 1.82) is 0 Å². The number of carbonyl (C=O) groups is 1. The number of esters is 1. The molecule has 1 rings (SSSR count). The number of nitrogens with one attached hydrogen (secondary N) is 1. The predicted molar refractivity (Wildman–Crippen MR) is 62.3 cm³/mol. The third kappa shape index (κ3) is 6.08. The number of ether oxygens (including phenoxy) is 2. The van der Waals surface area contributed by atoms with Crippen LogP contribution in [-0.2, 0) is 14.3 Å². The van der Waals surface area contributed by atoms with E-state index in [0.717, 1.165) is 39.0 Å². The lowest BCUT2D eigenvalue weighted by atomic mass is 10.2. The van der Waals surface area contributed by atoms with Crippen LogP contribution in [0.4, 0.5) is 0 Å². The third-order valence-electron chi connectivity index (χ3n) is 2.88. The van der Waals surface area contributed by atoms with E-state index in [2.05, 4.69) is 10.1 Å². The maximum Gasteiger partial charge on any atom is 0.305 e. The van der Waals surface area contributed by atoms with Gasteiger partial charge in [0.2, 0.25) is 0 Å². The van der Waals surface area contributed by atoms with Crippen LogP contribution in [0.15, 0.2) is 0 Å². The fourth-order valence-electron chi connectivity index (χ4n) is 1.88. The van der Waals surface area contributed by atoms with E-state index in [1.54, 1.807) is 0 Å². The molecule has 0 bridgehead atoms. The Kier molecular flexibility index (Phi) is 7.17. The fraction of sp³-hybridized carbons (Fsp3) is 0.917. The monoisotopic (exact) mass is 229 g/mol. The lowest BCUT2D eigenvalue weighted by molar-refractivity contribution is -0.140. The summed E-state index contributed by atoms with van der Waals surface area (Å²) in [7, 11) is 1.43. The molecule has 0 amide bonds. The zero-order valence-corrected chi connectivity index (χ0v) is 10.2. The molecule has 1 unspecified atom stereocenters. The number of hydrogen-bond donors (Lipinski definition) is 1. The van der Waals surface area contributed by atoms with Crippen molar-refractivity contribution in [2.75, 3.05) is 26.9 Å². The number of methoxy groups -OCH3 is 1. The summed E-state index contributed by atoms with van der Waals surface area (Å²) in [6.07, 6.45) is 6.00. The minimum absolute atomic E-state index is 0.115. The van der Waals surface area contributed by atoms with E-state index < -0.39 is 0 Å². The highest BCUT2D eigenvalue weighted by Crippen LogP contribution is 2.06. The van der Waals surface area contributed by atoms with Crippen molar-refractivity contribution in [3.05, 3.63) is 0 Å². The second-order valence-corrected chi connectivity index (χ2v) is 4.25. The van der Waals surface area contributed by atoms with E-state index in [9.17, 15) is 4.79 Å². The van der Waals surface area contributed by atoms with Crippen LogP contribution in [0, 0.1) is 0 Å². The van der Waals surface area contributed by atoms with Crippen LogP contribution < -0.4 is 5.32 Å². The number of rotatable bonds is 8. The summed E-state index contributed by atoms with van der Waals surface area (Å²) in [5.41, 5.74) is 0. The molecule has 4 heteroatoms. The fourth-order valence-corrected chi connectivity index (χ4v) is 1.88. The summed E-state index contributed by atoms with van der Waals surface area (Å²) in [6.45, 7) is 2.77. The van der Waals surface area contributed by atoms with Crippen LogP contribution in [-0.4, -0.2) is 38.9 Å². The largest absolute Gasteiger partial charge is 0.469 e. The molecular formula is C12H23NO3. The van der Waals surface area contributed by atoms with Gasteiger partial charge in [-0.15, -0.1) is 0 Å². The highest BCUT2D eigenvalue weighted by atomic mass is 16.5. The molecule has 1 N–H and O–H groups in total. The van der Waals surface area contributed by atoms with E-state index in [4.69, 9.17) is 4.74 Å². The predicted octanol–water partition coefficient (Wildman–Crippen LogP) is 1.49. The van der Waals surface area contributed by atoms with Crippen molar-refractivity contribution < 1.29 is 14.3 Å². The first-order chi connectivity index (χ1) is 7.83. The van der Waals surface area contributed by atoms with Crippen LogP contribution in [0.2, 0.25) is 0 Å². The lowest BCUT2D eigenvalue weighted by Gasteiger charge is -2.10. The van der Waals surface area contributed by atoms with Crippen molar-refractivity contribution in [2.45, 2.75) is 44.6 Å². The third-order valence-corrected chi connectivity index (χ3v) is 2.88. The van der Waals surface area contributed by atoms with Gasteiger partial charge in [0, 0.05) is 19.1 Å². The Labute approximate surface area is 97.7 Å². The molecule has 4 nitrogen and oxygen atoms in total. The van der Waals surface area contributed by atoms with Gasteiger partial charge in [0.25, 0.3) is 0 Å². The summed E-state index contributed by atoms with van der Waals surface area (Å²) in [5.74, 6) is -0.115. The van der Waals surface area contributed by atoms with Crippen LogP contribution in [0.5, 0.6) is 0 Å². The van der Waals surface area contributed by atoms with Crippen molar-refractivity contribution in [2.24, 2.45) is 0 Å². The van der Waals surface area contributed by atoms with E-state index >= 15 is 0 Å². The molecule has 1 saturated heterocycles. The number of unbranched alkanes of at least 4 members (excludes halogenated alkanes) is 2. The highest BCUT2D eigenvalue weighted by Gasteiger charge is 2.13. The van der Waals surface area contributed by atoms with Gasteiger partial charge in [-0.1, -0.05) is 6.42 Å². The average molecular weight is 229 g/mol. The Morgan fingerprint density at radius 1 is 1.38 bits per heavy atom. The maximum absolute atomic E-state index is 10.8. The smallest absolute Gasteiger partial charge is 0.305 e. The summed E-state index contributed by atoms with van der Waals surface area (Å²) in [4.78, 5) is 10.8. The second kappa shape index (κ2) is 8.53. The zero-order chi connectivity index (χ0) is 11.6. The molecule has 16 heavy (non-hydrogen) atoms. The van der Waals surface area contributed by atoms with Crippen molar-refractivity contribution in [3.63, 3.8) is 0 Å². The average Bonchev–Trinajstić information content (AvgIpc) is 2.80. The van der Waals surface area contributed by atoms with Gasteiger partial charge in [0.05, 0.1) is 13.7 Å². The van der Waals surface area contributed by atoms with Gasteiger partial charge in [-0.3, -0.25) is 4.79 Å². The molecule has 1 fully saturated rings. The molecule has 1 heterocycles. The molecule has 0 saturated carbocycles. The minimum atomic E-state index is -0.115. The van der Waals surface area contributed by atoms with Gasteiger partial charge in [-0.05, 0) is 32.2 Å². The molecule has 0 spiro atoms. The Morgan fingerprint density at radius 3 is 2.94 bits per heavy atom. The maximum atomic E-state index is 10.8. The van der Waals surface area contributed by atoms with Crippen LogP contribution in [0.25, 0.3) is 0 Å². The summed E-state index contributed by atoms with van der Waals surface area (Å²) in [6, 6.07) is 0.565. The molecule has 0 aromatic carbocycles. The zero-order valence-electron chi connectivity index (χ0n) is 10.2. The first-order valence-corrected chi connectivity index (χ1v) is 6.21. The summed E-state index contributed by atoms with van der Waals surface area (Å²) < 4.78 is 10.1. The Hall–Kier alpha value is -0.610. The van der Waals surface area contributed by atoms with Crippen molar-refractivity contribution in [3.8, 4) is 0 Å². The van der Waals surface area contributed by atoms with E-state index in [1.165, 1.54) is 20.0 Å². The van der Waals surface area contributed by atoms with Gasteiger partial charge >= 0.3 is 5.97 Å². The second-order valence-electron chi connectivity index (χ2n) is 4.25. The summed E-state index contributed by atoms with van der Waals surface area (Å²) >= 11 is 0. The minimum Gasteiger partial charge on any atom is -0.469 e. The van der Waals surface area contributed by atoms with Crippen molar-refractivity contribution >= 4 is 5.97 Å². The standard InChI is InChI=1S/C12H23NO3/c1-15-12(14)7-3-2-4-9-16-10-11-6-5-8-13-11/h11,13H,2-10H2,1H3. The SMILES string of the molecule is COC(=O)CCCCCOCC1CCCN1. The lowest BCUT2D eigenvalue weighted by Crippen LogP contribution is -2.26. The summed E-state index contributed by atoms with van der Waals surface area (Å²) in [5, 5.41) is 3.40. The Morgan fingerprint density at radius 2 is 2.25 bits per heavy atom. The quantitative estimate of drug-likeness (QED) is 0.506. The highest BCUT2D eigenvalue weighted by molar-refractivity contribution is 5.68. The van der Waals surface area contributed by atoms with Gasteiger partial charge in [-0.25, -0.2) is 0 Å². The van der Waals surface area contributed by atoms with E-state index in [0.29, 0.717) is 12.5 Å². The molecule has 0 aromatic rings. The normalized spacial score (nSPS) is 19.9. The van der Waals surface area contributed by atoms with Gasteiger partial charge < -0.3 is 14.8 Å².